The summed E-state index contributed by atoms with van der Waals surface area (Å²) >= 11 is 0. The summed E-state index contributed by atoms with van der Waals surface area (Å²) in [5.74, 6) is 0.569. The molecule has 0 aliphatic carbocycles. The Morgan fingerprint density at radius 3 is 3.00 bits per heavy atom. The zero-order valence-electron chi connectivity index (χ0n) is 7.61. The van der Waals surface area contributed by atoms with E-state index in [-0.39, 0.29) is 0 Å². The maximum Gasteiger partial charge on any atom is 0.414 e. The SMILES string of the molecule is FC(F)(F)CON1C=CC=C2N=CCN21. The van der Waals surface area contributed by atoms with Gasteiger partial charge in [0.05, 0.1) is 12.7 Å². The van der Waals surface area contributed by atoms with Crippen LogP contribution in [0.25, 0.3) is 0 Å². The van der Waals surface area contributed by atoms with Crippen molar-refractivity contribution in [2.75, 3.05) is 13.2 Å². The van der Waals surface area contributed by atoms with Gasteiger partial charge in [-0.05, 0) is 12.2 Å². The van der Waals surface area contributed by atoms with Crippen molar-refractivity contribution in [2.24, 2.45) is 4.99 Å². The number of hydrogen-bond donors (Lipinski definition) is 0. The van der Waals surface area contributed by atoms with Crippen molar-refractivity contribution in [3.63, 3.8) is 0 Å². The number of hydrogen-bond acceptors (Lipinski definition) is 4. The van der Waals surface area contributed by atoms with Gasteiger partial charge < -0.3 is 0 Å². The van der Waals surface area contributed by atoms with E-state index in [1.54, 1.807) is 18.4 Å². The smallest absolute Gasteiger partial charge is 0.244 e. The molecule has 0 saturated carbocycles. The highest BCUT2D eigenvalue weighted by Crippen LogP contribution is 2.22. The molecule has 0 amide bonds. The van der Waals surface area contributed by atoms with Gasteiger partial charge in [0.1, 0.15) is 5.82 Å². The molecule has 4 nitrogen and oxygen atoms in total. The number of rotatable bonds is 2. The second-order valence-corrected chi connectivity index (χ2v) is 2.95. The first-order chi connectivity index (χ1) is 7.06. The van der Waals surface area contributed by atoms with Crippen LogP contribution in [0.3, 0.4) is 0 Å². The third-order valence-electron chi connectivity index (χ3n) is 1.80. The average molecular weight is 219 g/mol. The Morgan fingerprint density at radius 1 is 1.47 bits per heavy atom. The Morgan fingerprint density at radius 2 is 2.27 bits per heavy atom. The van der Waals surface area contributed by atoms with Gasteiger partial charge in [-0.2, -0.15) is 18.3 Å². The second-order valence-electron chi connectivity index (χ2n) is 2.95. The molecule has 0 fully saturated rings. The van der Waals surface area contributed by atoms with Crippen LogP contribution < -0.4 is 0 Å². The molecule has 2 rings (SSSR count). The summed E-state index contributed by atoms with van der Waals surface area (Å²) in [6, 6.07) is 0. The third kappa shape index (κ3) is 2.30. The highest BCUT2D eigenvalue weighted by molar-refractivity contribution is 5.64. The molecule has 0 bridgehead atoms. The maximum absolute atomic E-state index is 11.9. The van der Waals surface area contributed by atoms with Crippen LogP contribution in [0.15, 0.2) is 29.2 Å². The summed E-state index contributed by atoms with van der Waals surface area (Å²) < 4.78 is 35.7. The van der Waals surface area contributed by atoms with E-state index >= 15 is 0 Å². The monoisotopic (exact) mass is 219 g/mol. The third-order valence-corrected chi connectivity index (χ3v) is 1.80. The molecule has 2 aliphatic heterocycles. The maximum atomic E-state index is 11.9. The van der Waals surface area contributed by atoms with Crippen molar-refractivity contribution in [1.82, 2.24) is 10.2 Å². The lowest BCUT2D eigenvalue weighted by atomic mass is 10.5. The summed E-state index contributed by atoms with van der Waals surface area (Å²) in [5.41, 5.74) is 0. The van der Waals surface area contributed by atoms with E-state index in [0.29, 0.717) is 12.4 Å². The fourth-order valence-corrected chi connectivity index (χ4v) is 1.22. The first-order valence-electron chi connectivity index (χ1n) is 4.24. The minimum atomic E-state index is -4.34. The number of alkyl halides is 3. The number of allylic oxidation sites excluding steroid dienone is 2. The van der Waals surface area contributed by atoms with Gasteiger partial charge in [-0.25, -0.2) is 14.8 Å². The van der Waals surface area contributed by atoms with Crippen LogP contribution in [-0.2, 0) is 4.84 Å². The molecule has 0 spiro atoms. The minimum absolute atomic E-state index is 0.411. The lowest BCUT2D eigenvalue weighted by Crippen LogP contribution is -2.39. The van der Waals surface area contributed by atoms with Crippen LogP contribution in [0.1, 0.15) is 0 Å². The molecule has 15 heavy (non-hydrogen) atoms. The van der Waals surface area contributed by atoms with Crippen LogP contribution >= 0.6 is 0 Å². The Kier molecular flexibility index (Phi) is 2.39. The van der Waals surface area contributed by atoms with Gasteiger partial charge in [0.15, 0.2) is 6.61 Å². The Balaban J connectivity index is 1.95. The van der Waals surface area contributed by atoms with Crippen molar-refractivity contribution in [3.05, 3.63) is 24.2 Å². The molecule has 0 unspecified atom stereocenters. The lowest BCUT2D eigenvalue weighted by molar-refractivity contribution is -0.289. The summed E-state index contributed by atoms with van der Waals surface area (Å²) in [7, 11) is 0. The molecular formula is C8H8F3N3O. The van der Waals surface area contributed by atoms with E-state index in [1.807, 2.05) is 0 Å². The van der Waals surface area contributed by atoms with Crippen LogP contribution in [-0.4, -0.2) is 35.7 Å². The Labute approximate surface area is 83.9 Å². The first-order valence-corrected chi connectivity index (χ1v) is 4.24. The first kappa shape index (κ1) is 10.0. The number of hydroxylamine groups is 1. The highest BCUT2D eigenvalue weighted by atomic mass is 19.4. The number of fused-ring (bicyclic) bond motifs is 1. The van der Waals surface area contributed by atoms with Crippen molar-refractivity contribution < 1.29 is 18.0 Å². The molecule has 82 valence electrons. The molecule has 0 atom stereocenters. The second kappa shape index (κ2) is 3.58. The van der Waals surface area contributed by atoms with Gasteiger partial charge in [-0.15, -0.1) is 0 Å². The Bertz CT molecular complexity index is 335. The minimum Gasteiger partial charge on any atom is -0.244 e. The summed E-state index contributed by atoms with van der Waals surface area (Å²) in [6.45, 7) is -0.908. The van der Waals surface area contributed by atoms with Crippen molar-refractivity contribution >= 4 is 6.21 Å². The number of aliphatic imine (C=N–C) groups is 1. The largest absolute Gasteiger partial charge is 0.414 e. The quantitative estimate of drug-likeness (QED) is 0.703. The van der Waals surface area contributed by atoms with E-state index in [2.05, 4.69) is 9.83 Å². The highest BCUT2D eigenvalue weighted by Gasteiger charge is 2.31. The molecule has 0 radical (unpaired) electrons. The molecule has 0 N–H and O–H groups in total. The van der Waals surface area contributed by atoms with Gasteiger partial charge >= 0.3 is 6.18 Å². The topological polar surface area (TPSA) is 28.1 Å². The Hall–Kier alpha value is -1.50. The molecule has 0 aromatic rings. The normalized spacial score (nSPS) is 19.5. The predicted molar refractivity (Wildman–Crippen MR) is 46.3 cm³/mol. The van der Waals surface area contributed by atoms with Crippen LogP contribution in [0, 0.1) is 0 Å². The molecule has 0 aromatic carbocycles. The summed E-state index contributed by atoms with van der Waals surface area (Å²) in [4.78, 5) is 8.55. The predicted octanol–water partition coefficient (Wildman–Crippen LogP) is 1.45. The number of halogens is 3. The molecule has 0 aromatic heterocycles. The lowest BCUT2D eigenvalue weighted by Gasteiger charge is -2.32. The van der Waals surface area contributed by atoms with Crippen molar-refractivity contribution in [1.29, 1.82) is 0 Å². The van der Waals surface area contributed by atoms with E-state index in [4.69, 9.17) is 0 Å². The van der Waals surface area contributed by atoms with Gasteiger partial charge in [-0.1, -0.05) is 0 Å². The van der Waals surface area contributed by atoms with E-state index < -0.39 is 12.8 Å². The zero-order valence-corrected chi connectivity index (χ0v) is 7.61. The summed E-state index contributed by atoms with van der Waals surface area (Å²) in [6.07, 6.45) is 1.93. The van der Waals surface area contributed by atoms with Gasteiger partial charge in [0, 0.05) is 6.21 Å². The molecule has 0 saturated heterocycles. The van der Waals surface area contributed by atoms with Crippen molar-refractivity contribution in [2.45, 2.75) is 6.18 Å². The molecule has 7 heteroatoms. The van der Waals surface area contributed by atoms with E-state index in [9.17, 15) is 13.2 Å². The van der Waals surface area contributed by atoms with Crippen LogP contribution in [0.4, 0.5) is 13.2 Å². The zero-order chi connectivity index (χ0) is 10.9. The van der Waals surface area contributed by atoms with Gasteiger partial charge in [0.25, 0.3) is 0 Å². The van der Waals surface area contributed by atoms with E-state index in [1.165, 1.54) is 11.2 Å². The fraction of sp³-hybridized carbons (Fsp3) is 0.375. The van der Waals surface area contributed by atoms with Gasteiger partial charge in [0.2, 0.25) is 0 Å². The molecule has 2 heterocycles. The standard InChI is InChI=1S/C8H8F3N3O/c9-8(10,11)6-15-14-4-1-2-7-12-3-5-13(7)14/h1-4H,5-6H2. The van der Waals surface area contributed by atoms with Crippen LogP contribution in [0.2, 0.25) is 0 Å². The number of nitrogens with zero attached hydrogens (tertiary/aromatic N) is 3. The van der Waals surface area contributed by atoms with Gasteiger partial charge in [-0.3, -0.25) is 0 Å². The van der Waals surface area contributed by atoms with Crippen LogP contribution in [0.5, 0.6) is 0 Å². The van der Waals surface area contributed by atoms with E-state index in [0.717, 1.165) is 5.17 Å². The number of hydrazine groups is 1. The summed E-state index contributed by atoms with van der Waals surface area (Å²) in [5, 5.41) is 2.53. The fourth-order valence-electron chi connectivity index (χ4n) is 1.22. The van der Waals surface area contributed by atoms with Crippen molar-refractivity contribution in [3.8, 4) is 0 Å². The molecule has 2 aliphatic rings. The molecular weight excluding hydrogens is 211 g/mol. The average Bonchev–Trinajstić information content (AvgIpc) is 2.61.